The van der Waals surface area contributed by atoms with Crippen LogP contribution in [0, 0.1) is 41.5 Å². The van der Waals surface area contributed by atoms with Gasteiger partial charge in [0.25, 0.3) is 0 Å². The summed E-state index contributed by atoms with van der Waals surface area (Å²) in [6.07, 6.45) is 0. The number of hydrogen-bond acceptors (Lipinski definition) is 12. The first-order valence-corrected chi connectivity index (χ1v) is 46.1. The fourth-order valence-corrected chi connectivity index (χ4v) is 22.4. The molecule has 0 fully saturated rings. The molecule has 0 heterocycles. The SMILES string of the molecule is COc1c(C)cc(C(C)(C)C)cc1Pc1ccccc1C(C)=O.COc1c(C)cc(C)cc1Pc1ccccc1C(C)=O.COc1c(C)cccc1Pc1ccccc1C(C)=O.COc1c(Pc2ccccc2C(C)=O)cc(C)cc1C(C)(C)C.COc1ccc(C)cc1Pc1ccccc1C(C)=O.COc1ccccc1Pc1ccccc1C(C)=O. The van der Waals surface area contributed by atoms with Crippen LogP contribution in [0.4, 0.5) is 0 Å². The molecule has 636 valence electrons. The highest BCUT2D eigenvalue weighted by Gasteiger charge is 2.25. The summed E-state index contributed by atoms with van der Waals surface area (Å²) in [6, 6.07) is 79.9. The Bertz CT molecular complexity index is 5540. The molecule has 12 rings (SSSR count). The lowest BCUT2D eigenvalue weighted by Gasteiger charge is -2.25. The number of aryl methyl sites for hydroxylation is 6. The molecule has 6 unspecified atom stereocenters. The molecule has 0 saturated heterocycles. The number of carbonyl (C=O) groups is 6. The highest BCUT2D eigenvalue weighted by molar-refractivity contribution is 7.57. The quantitative estimate of drug-likeness (QED) is 0.0417. The molecule has 0 saturated carbocycles. The molecular weight excluding hydrogens is 1630 g/mol. The Kier molecular flexibility index (Phi) is 38.7. The van der Waals surface area contributed by atoms with E-state index in [1.54, 1.807) is 84.2 Å². The van der Waals surface area contributed by atoms with Gasteiger partial charge in [0.05, 0.1) is 42.7 Å². The number of benzene rings is 12. The number of ketones is 6. The molecule has 0 bridgehead atoms. The molecule has 12 aromatic rings. The highest BCUT2D eigenvalue weighted by atomic mass is 31.1. The van der Waals surface area contributed by atoms with Gasteiger partial charge in [-0.1, -0.05) is 305 Å². The Labute approximate surface area is 735 Å². The molecule has 12 aromatic carbocycles. The van der Waals surface area contributed by atoms with E-state index in [-0.39, 0.29) is 45.5 Å². The standard InChI is InChI=1S/2C20H25O2P.C17H19O2P.2C16H17O2P.C15H15O2P/c1-13-11-15(20(3,4)5)12-18(19(13)22-6)23-17-10-8-7-9-16(17)14(2)21;1-13-11-16(20(3,4)5)19(22-6)18(12-13)23-17-10-8-7-9-15(17)14(2)21;1-11-9-12(2)17(19-4)16(10-11)20-15-8-6-5-7-14(15)13(3)18;1-11-7-6-10-15(16(11)18-3)19-14-9-5-4-8-13(14)12(2)17;1-11-8-9-14(18-3)16(10-11)19-15-7-5-4-6-13(15)12(2)17;1-11(16)12-7-3-5-9-14(12)18-15-10-6-4-8-13(15)17-2/h2*7-12,23H,1-6H3;5-10,20H,1-4H3;2*4-10,19H,1-3H3;3-10,18H,1-2H3. The van der Waals surface area contributed by atoms with E-state index in [1.165, 1.54) is 27.8 Å². The first-order valence-electron chi connectivity index (χ1n) is 40.1. The summed E-state index contributed by atoms with van der Waals surface area (Å²) >= 11 is 0. The summed E-state index contributed by atoms with van der Waals surface area (Å²) in [5, 5.41) is 13.3. The molecule has 18 heteroatoms. The van der Waals surface area contributed by atoms with Crippen LogP contribution in [0.15, 0.2) is 243 Å². The normalized spacial score (nSPS) is 11.3. The van der Waals surface area contributed by atoms with Crippen LogP contribution in [0.3, 0.4) is 0 Å². The number of hydrogen-bond donors (Lipinski definition) is 0. The summed E-state index contributed by atoms with van der Waals surface area (Å²) in [5.74, 6) is 6.10. The number of rotatable bonds is 24. The Morgan fingerprint density at radius 1 is 0.230 bits per heavy atom. The van der Waals surface area contributed by atoms with Crippen molar-refractivity contribution in [3.63, 3.8) is 0 Å². The van der Waals surface area contributed by atoms with Gasteiger partial charge in [0.15, 0.2) is 34.7 Å². The minimum atomic E-state index is 0.0106. The zero-order valence-electron chi connectivity index (χ0n) is 75.0. The molecule has 6 atom stereocenters. The Morgan fingerprint density at radius 3 is 0.861 bits per heavy atom. The van der Waals surface area contributed by atoms with E-state index in [9.17, 15) is 28.8 Å². The van der Waals surface area contributed by atoms with Crippen molar-refractivity contribution in [2.75, 3.05) is 42.7 Å². The lowest BCUT2D eigenvalue weighted by molar-refractivity contribution is 0.101. The average Bonchev–Trinajstić information content (AvgIpc) is 0.797. The number of para-hydroxylation sites is 2. The maximum Gasteiger partial charge on any atom is 0.160 e. The van der Waals surface area contributed by atoms with Crippen molar-refractivity contribution in [2.45, 2.75) is 135 Å². The van der Waals surface area contributed by atoms with Crippen LogP contribution in [-0.2, 0) is 10.8 Å². The van der Waals surface area contributed by atoms with Crippen LogP contribution < -0.4 is 92.1 Å². The van der Waals surface area contributed by atoms with Gasteiger partial charge in [0, 0.05) is 70.8 Å². The van der Waals surface area contributed by atoms with Crippen LogP contribution in [0.1, 0.15) is 190 Å². The zero-order valence-corrected chi connectivity index (χ0v) is 81.0. The third-order valence-corrected chi connectivity index (χ3v) is 27.7. The summed E-state index contributed by atoms with van der Waals surface area (Å²) < 4.78 is 33.1. The Hall–Kier alpha value is -9.96. The summed E-state index contributed by atoms with van der Waals surface area (Å²) in [6.45, 7) is 35.3. The lowest BCUT2D eigenvalue weighted by atomic mass is 9.85. The van der Waals surface area contributed by atoms with E-state index < -0.39 is 0 Å². The predicted molar refractivity (Wildman–Crippen MR) is 528 cm³/mol. The van der Waals surface area contributed by atoms with Gasteiger partial charge in [-0.3, -0.25) is 28.8 Å². The number of Topliss-reactive ketones (excluding diaryl/α,β-unsaturated/α-hetero) is 6. The topological polar surface area (TPSA) is 158 Å². The second-order valence-electron chi connectivity index (χ2n) is 31.4. The minimum Gasteiger partial charge on any atom is -0.496 e. The van der Waals surface area contributed by atoms with Crippen molar-refractivity contribution in [3.05, 3.63) is 321 Å². The third kappa shape index (κ3) is 28.6. The van der Waals surface area contributed by atoms with Crippen molar-refractivity contribution in [1.29, 1.82) is 0 Å². The fraction of sp³-hybridized carbons (Fsp3) is 0.250. The minimum absolute atomic E-state index is 0.0106. The molecule has 0 radical (unpaired) electrons. The van der Waals surface area contributed by atoms with E-state index in [2.05, 4.69) is 125 Å². The first kappa shape index (κ1) is 99.1. The van der Waals surface area contributed by atoms with Gasteiger partial charge in [-0.15, -0.1) is 0 Å². The molecule has 0 amide bonds. The van der Waals surface area contributed by atoms with E-state index in [1.807, 2.05) is 201 Å². The Balaban J connectivity index is 0.000000202. The van der Waals surface area contributed by atoms with Crippen LogP contribution in [0.5, 0.6) is 34.5 Å². The average molecular weight is 1750 g/mol. The number of carbonyl (C=O) groups excluding carboxylic acids is 6. The molecule has 0 aromatic heterocycles. The van der Waals surface area contributed by atoms with Gasteiger partial charge in [-0.05, 0) is 196 Å². The second-order valence-corrected chi connectivity index (χ2v) is 39.3. The lowest BCUT2D eigenvalue weighted by Crippen LogP contribution is -2.19. The molecule has 0 aliphatic rings. The monoisotopic (exact) mass is 1740 g/mol. The maximum absolute atomic E-state index is 11.9. The zero-order chi connectivity index (χ0) is 89.7. The van der Waals surface area contributed by atoms with Gasteiger partial charge in [0.1, 0.15) is 34.5 Å². The van der Waals surface area contributed by atoms with Crippen molar-refractivity contribution >= 4 is 150 Å². The van der Waals surface area contributed by atoms with E-state index in [0.717, 1.165) is 148 Å². The van der Waals surface area contributed by atoms with Crippen LogP contribution in [-0.4, -0.2) is 77.4 Å². The largest absolute Gasteiger partial charge is 0.496 e. The number of methoxy groups -OCH3 is 6. The van der Waals surface area contributed by atoms with Crippen molar-refractivity contribution in [3.8, 4) is 34.5 Å². The van der Waals surface area contributed by atoms with Gasteiger partial charge in [-0.2, -0.15) is 0 Å². The van der Waals surface area contributed by atoms with E-state index >= 15 is 0 Å². The second kappa shape index (κ2) is 47.6. The maximum atomic E-state index is 11.9. The third-order valence-electron chi connectivity index (χ3n) is 19.5. The van der Waals surface area contributed by atoms with Gasteiger partial charge < -0.3 is 28.4 Å². The number of ether oxygens (including phenoxy) is 6. The molecule has 122 heavy (non-hydrogen) atoms. The summed E-state index contributed by atoms with van der Waals surface area (Å²) in [7, 11) is 12.7. The fourth-order valence-electron chi connectivity index (χ4n) is 13.5. The molecule has 0 spiro atoms. The summed E-state index contributed by atoms with van der Waals surface area (Å²) in [4.78, 5) is 70.4. The molecule has 0 aliphatic carbocycles. The van der Waals surface area contributed by atoms with E-state index in [0.29, 0.717) is 51.5 Å². The summed E-state index contributed by atoms with van der Waals surface area (Å²) in [5.41, 5.74) is 14.4. The predicted octanol–water partition coefficient (Wildman–Crippen LogP) is 19.6. The van der Waals surface area contributed by atoms with Crippen molar-refractivity contribution in [1.82, 2.24) is 0 Å². The van der Waals surface area contributed by atoms with E-state index in [4.69, 9.17) is 28.4 Å². The first-order chi connectivity index (χ1) is 58.0. The molecule has 0 aliphatic heterocycles. The van der Waals surface area contributed by atoms with Gasteiger partial charge in [0.2, 0.25) is 0 Å². The molecule has 0 N–H and O–H groups in total. The van der Waals surface area contributed by atoms with Gasteiger partial charge >= 0.3 is 0 Å². The van der Waals surface area contributed by atoms with Crippen LogP contribution >= 0.6 is 51.5 Å². The Morgan fingerprint density at radius 2 is 0.508 bits per heavy atom. The van der Waals surface area contributed by atoms with Crippen molar-refractivity contribution in [2.24, 2.45) is 0 Å². The van der Waals surface area contributed by atoms with Crippen molar-refractivity contribution < 1.29 is 57.2 Å². The van der Waals surface area contributed by atoms with Crippen LogP contribution in [0.25, 0.3) is 0 Å². The smallest absolute Gasteiger partial charge is 0.160 e. The highest BCUT2D eigenvalue weighted by Crippen LogP contribution is 2.36. The van der Waals surface area contributed by atoms with Gasteiger partial charge in [-0.25, -0.2) is 0 Å². The molecular formula is C104H118O12P6. The van der Waals surface area contributed by atoms with Crippen LogP contribution in [0.2, 0.25) is 0 Å². The molecule has 12 nitrogen and oxygen atoms in total.